The number of carbonyl (C=O) groups is 3. The topological polar surface area (TPSA) is 201 Å². The molecule has 2 atom stereocenters. The second-order valence-corrected chi connectivity index (χ2v) is 13.5. The van der Waals surface area contributed by atoms with Gasteiger partial charge in [0, 0.05) is 16.7 Å². The first-order chi connectivity index (χ1) is 19.2. The number of nitrogens with one attached hydrogen (secondary N) is 1. The molecule has 3 aromatic heterocycles. The summed E-state index contributed by atoms with van der Waals surface area (Å²) in [5.74, 6) is -2.47. The number of carboxylic acids is 1. The number of thiazole rings is 1. The Kier molecular flexibility index (Phi) is 8.29. The zero-order chi connectivity index (χ0) is 28.6. The predicted molar refractivity (Wildman–Crippen MR) is 158 cm³/mol. The maximum atomic E-state index is 13.0. The molecule has 2 aliphatic rings. The van der Waals surface area contributed by atoms with Crippen molar-refractivity contribution in [2.24, 2.45) is 10.9 Å². The van der Waals surface area contributed by atoms with Crippen LogP contribution in [0.1, 0.15) is 11.3 Å². The predicted octanol–water partition coefficient (Wildman–Crippen LogP) is 2.09. The lowest BCUT2D eigenvalue weighted by Crippen LogP contribution is -2.71. The van der Waals surface area contributed by atoms with Crippen LogP contribution in [-0.2, 0) is 20.8 Å². The number of amides is 2. The third-order valence-electron chi connectivity index (χ3n) is 5.96. The first-order valence-electron chi connectivity index (χ1n) is 11.5. The van der Waals surface area contributed by atoms with Gasteiger partial charge in [-0.2, -0.15) is 0 Å². The summed E-state index contributed by atoms with van der Waals surface area (Å²) in [6.45, 7) is 0.320. The standard InChI is InChI=1S/C23H20N6O6S5/c24-4-1-10-16(30)17-12(3-6-36-17)40-22(10)37-5-2-9-7-38-20-14(19(32)29(20)15(9)21(33)34)27-18(31)13(28-35)11-8-39-23(25)26-11/h2-3,5-6,8,14,20,35H,1,4,7,24H2,(H2,25,26)(H,27,31)(H,33,34)/b5-2+,28-13+/t14?,20-/m1/s1. The highest BCUT2D eigenvalue weighted by atomic mass is 32.2. The molecule has 3 aromatic rings. The van der Waals surface area contributed by atoms with Gasteiger partial charge in [-0.3, -0.25) is 19.3 Å². The van der Waals surface area contributed by atoms with Crippen LogP contribution in [0, 0.1) is 0 Å². The lowest BCUT2D eigenvalue weighted by molar-refractivity contribution is -0.150. The maximum absolute atomic E-state index is 13.0. The monoisotopic (exact) mass is 636 g/mol. The summed E-state index contributed by atoms with van der Waals surface area (Å²) in [6, 6.07) is 0.870. The van der Waals surface area contributed by atoms with E-state index >= 15 is 0 Å². The Balaban J connectivity index is 1.34. The van der Waals surface area contributed by atoms with Crippen molar-refractivity contribution < 1.29 is 24.7 Å². The van der Waals surface area contributed by atoms with Gasteiger partial charge in [0.05, 0.1) is 13.6 Å². The van der Waals surface area contributed by atoms with E-state index in [-0.39, 0.29) is 27.7 Å². The van der Waals surface area contributed by atoms with Crippen molar-refractivity contribution in [1.82, 2.24) is 15.2 Å². The highest BCUT2D eigenvalue weighted by molar-refractivity contribution is 8.04. The number of allylic oxidation sites excluding steroid dienone is 1. The quantitative estimate of drug-likeness (QED) is 0.0757. The van der Waals surface area contributed by atoms with Crippen LogP contribution >= 0.6 is 57.5 Å². The smallest absolute Gasteiger partial charge is 0.352 e. The summed E-state index contributed by atoms with van der Waals surface area (Å²) in [5.41, 5.74) is 11.8. The van der Waals surface area contributed by atoms with Crippen molar-refractivity contribution >= 4 is 95.6 Å². The third kappa shape index (κ3) is 5.15. The highest BCUT2D eigenvalue weighted by Crippen LogP contribution is 2.41. The van der Waals surface area contributed by atoms with Crippen molar-refractivity contribution in [2.75, 3.05) is 18.0 Å². The highest BCUT2D eigenvalue weighted by Gasteiger charge is 2.54. The van der Waals surface area contributed by atoms with E-state index in [0.717, 1.165) is 25.1 Å². The third-order valence-corrected chi connectivity index (χ3v) is 11.2. The van der Waals surface area contributed by atoms with E-state index in [1.165, 1.54) is 51.6 Å². The van der Waals surface area contributed by atoms with Crippen molar-refractivity contribution in [2.45, 2.75) is 22.0 Å². The minimum atomic E-state index is -1.28. The van der Waals surface area contributed by atoms with E-state index < -0.39 is 34.9 Å². The Labute approximate surface area is 246 Å². The summed E-state index contributed by atoms with van der Waals surface area (Å²) in [7, 11) is 0. The molecule has 208 valence electrons. The van der Waals surface area contributed by atoms with Crippen LogP contribution in [0.25, 0.3) is 9.40 Å². The lowest BCUT2D eigenvalue weighted by Gasteiger charge is -2.49. The molecule has 0 bridgehead atoms. The number of hydrogen-bond donors (Lipinski definition) is 5. The molecular weight excluding hydrogens is 617 g/mol. The van der Waals surface area contributed by atoms with Crippen LogP contribution in [0.4, 0.5) is 5.13 Å². The number of nitrogen functional groups attached to an aromatic ring is 1. The number of anilines is 1. The average Bonchev–Trinajstić information content (AvgIpc) is 3.58. The fourth-order valence-corrected chi connectivity index (χ4v) is 9.29. The summed E-state index contributed by atoms with van der Waals surface area (Å²) in [4.78, 5) is 55.8. The van der Waals surface area contributed by atoms with Crippen LogP contribution < -0.4 is 22.2 Å². The molecule has 1 saturated heterocycles. The Morgan fingerprint density at radius 2 is 2.12 bits per heavy atom. The largest absolute Gasteiger partial charge is 0.477 e. The first-order valence-corrected chi connectivity index (χ1v) is 16.0. The fraction of sp³-hybridized carbons (Fsp3) is 0.217. The molecule has 7 N–H and O–H groups in total. The van der Waals surface area contributed by atoms with E-state index in [1.807, 2.05) is 11.4 Å². The van der Waals surface area contributed by atoms with E-state index in [4.69, 9.17) is 11.5 Å². The van der Waals surface area contributed by atoms with Gasteiger partial charge in [0.15, 0.2) is 10.8 Å². The summed E-state index contributed by atoms with van der Waals surface area (Å²) < 4.78 is 2.35. The molecule has 2 aliphatic heterocycles. The number of rotatable bonds is 9. The number of hydrogen-bond acceptors (Lipinski definition) is 14. The zero-order valence-corrected chi connectivity index (χ0v) is 24.3. The number of β-lactam (4-membered cyclic amide) rings is 1. The normalized spacial score (nSPS) is 19.3. The van der Waals surface area contributed by atoms with Crippen LogP contribution in [0.3, 0.4) is 0 Å². The van der Waals surface area contributed by atoms with Crippen molar-refractivity contribution in [3.63, 3.8) is 0 Å². The molecule has 0 aliphatic carbocycles. The molecule has 0 aromatic carbocycles. The number of aliphatic carboxylic acids is 1. The van der Waals surface area contributed by atoms with E-state index in [2.05, 4.69) is 15.5 Å². The summed E-state index contributed by atoms with van der Waals surface area (Å²) in [5, 5.41) is 29.3. The van der Waals surface area contributed by atoms with Gasteiger partial charge in [0.2, 0.25) is 5.43 Å². The van der Waals surface area contributed by atoms with Crippen molar-refractivity contribution in [3.8, 4) is 0 Å². The maximum Gasteiger partial charge on any atom is 0.352 e. The SMILES string of the molecule is NCCc1c(S/C=C/C2=C(C(=O)O)N3C(=O)C(NC(=O)/C(=N/O)c4csc(N)n4)[C@H]3SC2)sc2ccsc2c1=O. The van der Waals surface area contributed by atoms with Crippen molar-refractivity contribution in [3.05, 3.63) is 61.1 Å². The van der Waals surface area contributed by atoms with Crippen LogP contribution in [0.2, 0.25) is 0 Å². The second kappa shape index (κ2) is 11.7. The second-order valence-electron chi connectivity index (χ2n) is 8.33. The Morgan fingerprint density at radius 3 is 2.80 bits per heavy atom. The number of oxime groups is 1. The number of thiophene rings is 1. The molecule has 0 spiro atoms. The van der Waals surface area contributed by atoms with Gasteiger partial charge in [-0.1, -0.05) is 16.9 Å². The number of nitrogens with two attached hydrogens (primary N) is 2. The minimum absolute atomic E-state index is 0.0430. The van der Waals surface area contributed by atoms with Gasteiger partial charge >= 0.3 is 5.97 Å². The van der Waals surface area contributed by atoms with Crippen LogP contribution in [-0.4, -0.2) is 67.4 Å². The number of aromatic nitrogens is 1. The minimum Gasteiger partial charge on any atom is -0.477 e. The average molecular weight is 637 g/mol. The fourth-order valence-electron chi connectivity index (χ4n) is 4.16. The van der Waals surface area contributed by atoms with E-state index in [1.54, 1.807) is 11.5 Å². The molecule has 0 saturated carbocycles. The van der Waals surface area contributed by atoms with Gasteiger partial charge < -0.3 is 27.1 Å². The molecular formula is C23H20N6O6S5. The summed E-state index contributed by atoms with van der Waals surface area (Å²) >= 11 is 6.51. The van der Waals surface area contributed by atoms with Gasteiger partial charge in [0.25, 0.3) is 11.8 Å². The van der Waals surface area contributed by atoms with Gasteiger partial charge in [-0.05, 0) is 41.5 Å². The van der Waals surface area contributed by atoms with Gasteiger partial charge in [-0.25, -0.2) is 9.78 Å². The molecule has 12 nitrogen and oxygen atoms in total. The van der Waals surface area contributed by atoms with Gasteiger partial charge in [-0.15, -0.1) is 45.8 Å². The Bertz CT molecular complexity index is 1670. The molecule has 5 heterocycles. The summed E-state index contributed by atoms with van der Waals surface area (Å²) in [6.07, 6.45) is 2.05. The number of nitrogens with zero attached hydrogens (tertiary/aromatic N) is 3. The number of carbonyl (C=O) groups excluding carboxylic acids is 2. The Hall–Kier alpha value is -3.22. The molecule has 17 heteroatoms. The van der Waals surface area contributed by atoms with Crippen LogP contribution in [0.15, 0.2) is 53.7 Å². The van der Waals surface area contributed by atoms with E-state index in [9.17, 15) is 29.5 Å². The van der Waals surface area contributed by atoms with E-state index in [0.29, 0.717) is 28.8 Å². The number of thioether (sulfide) groups is 2. The van der Waals surface area contributed by atoms with Crippen LogP contribution in [0.5, 0.6) is 0 Å². The molecule has 1 unspecified atom stereocenters. The molecule has 1 fully saturated rings. The van der Waals surface area contributed by atoms with Crippen molar-refractivity contribution in [1.29, 1.82) is 0 Å². The molecule has 0 radical (unpaired) electrons. The first kappa shape index (κ1) is 28.3. The molecule has 5 rings (SSSR count). The number of fused-ring (bicyclic) bond motifs is 2. The number of carboxylic acid groups (broad SMARTS) is 1. The molecule has 2 amide bonds. The Morgan fingerprint density at radius 1 is 1.32 bits per heavy atom. The zero-order valence-electron chi connectivity index (χ0n) is 20.2. The molecule has 40 heavy (non-hydrogen) atoms. The lowest BCUT2D eigenvalue weighted by atomic mass is 10.0. The van der Waals surface area contributed by atoms with Gasteiger partial charge in [0.1, 0.15) is 22.8 Å².